The number of methoxy groups -OCH3 is 4. The van der Waals surface area contributed by atoms with Gasteiger partial charge in [-0.2, -0.15) is 0 Å². The molecule has 0 bridgehead atoms. The van der Waals surface area contributed by atoms with E-state index in [0.29, 0.717) is 10.1 Å². The molecule has 162 valence electrons. The first-order chi connectivity index (χ1) is 14.2. The number of carbonyl (C=O) groups excluding carboxylic acids is 1. The zero-order valence-corrected chi connectivity index (χ0v) is 17.5. The van der Waals surface area contributed by atoms with Crippen LogP contribution in [0, 0.1) is 10.1 Å². The smallest absolute Gasteiger partial charge is 0.326 e. The number of non-ortho nitro benzene ring substituents is 1. The van der Waals surface area contributed by atoms with E-state index in [0.717, 1.165) is 19.2 Å². The lowest BCUT2D eigenvalue weighted by atomic mass is 10.2. The summed E-state index contributed by atoms with van der Waals surface area (Å²) in [5.74, 6) is -0.437. The van der Waals surface area contributed by atoms with Gasteiger partial charge in [0.05, 0.1) is 38.3 Å². The van der Waals surface area contributed by atoms with Crippen molar-refractivity contribution in [3.63, 3.8) is 0 Å². The molecule has 0 aliphatic rings. The Kier molecular flexibility index (Phi) is 7.06. The molecule has 0 radical (unpaired) electrons. The van der Waals surface area contributed by atoms with Gasteiger partial charge in [-0.15, -0.1) is 0 Å². The number of sulfonamides is 1. The van der Waals surface area contributed by atoms with E-state index in [1.807, 2.05) is 0 Å². The number of anilines is 1. The molecule has 0 spiro atoms. The van der Waals surface area contributed by atoms with E-state index >= 15 is 0 Å². The Morgan fingerprint density at radius 2 is 1.57 bits per heavy atom. The van der Waals surface area contributed by atoms with Crippen LogP contribution in [0.5, 0.6) is 17.2 Å². The van der Waals surface area contributed by atoms with Crippen molar-refractivity contribution in [1.82, 2.24) is 0 Å². The fourth-order valence-corrected chi connectivity index (χ4v) is 4.00. The van der Waals surface area contributed by atoms with Gasteiger partial charge in [-0.3, -0.25) is 19.2 Å². The lowest BCUT2D eigenvalue weighted by molar-refractivity contribution is -0.384. The van der Waals surface area contributed by atoms with Crippen LogP contribution in [0.4, 0.5) is 11.4 Å². The van der Waals surface area contributed by atoms with Crippen LogP contribution in [0.2, 0.25) is 0 Å². The van der Waals surface area contributed by atoms with Gasteiger partial charge in [-0.1, -0.05) is 0 Å². The minimum Gasteiger partial charge on any atom is -0.495 e. The van der Waals surface area contributed by atoms with Crippen LogP contribution >= 0.6 is 0 Å². The molecule has 12 heteroatoms. The highest BCUT2D eigenvalue weighted by Crippen LogP contribution is 2.37. The fourth-order valence-electron chi connectivity index (χ4n) is 2.57. The number of esters is 1. The molecule has 2 rings (SSSR count). The van der Waals surface area contributed by atoms with E-state index in [9.17, 15) is 23.3 Å². The lowest BCUT2D eigenvalue weighted by Crippen LogP contribution is -2.36. The summed E-state index contributed by atoms with van der Waals surface area (Å²) < 4.78 is 47.5. The van der Waals surface area contributed by atoms with Crippen molar-refractivity contribution < 1.29 is 37.1 Å². The van der Waals surface area contributed by atoms with E-state index in [2.05, 4.69) is 4.74 Å². The first-order valence-corrected chi connectivity index (χ1v) is 9.77. The molecule has 30 heavy (non-hydrogen) atoms. The van der Waals surface area contributed by atoms with Gasteiger partial charge in [0, 0.05) is 18.2 Å². The molecule has 0 saturated carbocycles. The Labute approximate surface area is 172 Å². The lowest BCUT2D eigenvalue weighted by Gasteiger charge is -2.25. The molecule has 0 unspecified atom stereocenters. The molecular formula is C18H20N2O9S. The summed E-state index contributed by atoms with van der Waals surface area (Å²) in [5.41, 5.74) is -0.588. The minimum absolute atomic E-state index is 0.00792. The Morgan fingerprint density at radius 3 is 2.10 bits per heavy atom. The number of hydrogen-bond donors (Lipinski definition) is 0. The second-order valence-corrected chi connectivity index (χ2v) is 7.58. The Balaban J connectivity index is 2.72. The topological polar surface area (TPSA) is 135 Å². The van der Waals surface area contributed by atoms with Gasteiger partial charge in [-0.05, 0) is 18.2 Å². The molecule has 0 aromatic heterocycles. The maximum Gasteiger partial charge on any atom is 0.326 e. The summed E-state index contributed by atoms with van der Waals surface area (Å²) in [6, 6.07) is 7.24. The molecule has 2 aromatic carbocycles. The predicted octanol–water partition coefficient (Wildman–Crippen LogP) is 1.99. The third-order valence-electron chi connectivity index (χ3n) is 4.09. The quantitative estimate of drug-likeness (QED) is 0.326. The van der Waals surface area contributed by atoms with Crippen LogP contribution in [0.15, 0.2) is 41.3 Å². The zero-order valence-electron chi connectivity index (χ0n) is 16.6. The number of rotatable bonds is 9. The van der Waals surface area contributed by atoms with Crippen LogP contribution in [0.1, 0.15) is 0 Å². The fraction of sp³-hybridized carbons (Fsp3) is 0.278. The molecule has 0 amide bonds. The van der Waals surface area contributed by atoms with Crippen molar-refractivity contribution in [2.24, 2.45) is 0 Å². The summed E-state index contributed by atoms with van der Waals surface area (Å²) in [6.45, 7) is -0.745. The maximum atomic E-state index is 13.4. The number of nitro benzene ring substituents is 1. The molecule has 0 heterocycles. The largest absolute Gasteiger partial charge is 0.495 e. The second kappa shape index (κ2) is 9.31. The van der Waals surface area contributed by atoms with Gasteiger partial charge in [0.1, 0.15) is 18.0 Å². The first-order valence-electron chi connectivity index (χ1n) is 8.33. The number of carbonyl (C=O) groups is 1. The SMILES string of the molecule is COC(=O)CN(c1cc([N+](=O)[O-])ccc1OC)S(=O)(=O)c1ccc(OC)c(OC)c1. The summed E-state index contributed by atoms with van der Waals surface area (Å²) in [7, 11) is 0.692. The van der Waals surface area contributed by atoms with Gasteiger partial charge in [0.2, 0.25) is 0 Å². The summed E-state index contributed by atoms with van der Waals surface area (Å²) in [6.07, 6.45) is 0. The normalized spacial score (nSPS) is 10.8. The third-order valence-corrected chi connectivity index (χ3v) is 5.84. The monoisotopic (exact) mass is 440 g/mol. The van der Waals surface area contributed by atoms with Crippen LogP contribution in [0.3, 0.4) is 0 Å². The summed E-state index contributed by atoms with van der Waals surface area (Å²) in [5, 5.41) is 11.2. The Bertz CT molecular complexity index is 1050. The van der Waals surface area contributed by atoms with E-state index in [4.69, 9.17) is 14.2 Å². The molecule has 11 nitrogen and oxygen atoms in total. The molecule has 0 saturated heterocycles. The minimum atomic E-state index is -4.40. The average molecular weight is 440 g/mol. The highest BCUT2D eigenvalue weighted by molar-refractivity contribution is 7.92. The first kappa shape index (κ1) is 22.7. The van der Waals surface area contributed by atoms with Crippen LogP contribution < -0.4 is 18.5 Å². The van der Waals surface area contributed by atoms with Gasteiger partial charge in [0.15, 0.2) is 11.5 Å². The third kappa shape index (κ3) is 4.54. The maximum absolute atomic E-state index is 13.4. The molecule has 0 atom stereocenters. The summed E-state index contributed by atoms with van der Waals surface area (Å²) >= 11 is 0. The van der Waals surface area contributed by atoms with Crippen molar-refractivity contribution in [3.05, 3.63) is 46.5 Å². The van der Waals surface area contributed by atoms with Crippen LogP contribution in [-0.2, 0) is 19.6 Å². The van der Waals surface area contributed by atoms with E-state index in [-0.39, 0.29) is 27.8 Å². The Hall–Kier alpha value is -3.54. The molecule has 0 N–H and O–H groups in total. The average Bonchev–Trinajstić information content (AvgIpc) is 2.75. The molecule has 2 aromatic rings. The van der Waals surface area contributed by atoms with Crippen molar-refractivity contribution >= 4 is 27.4 Å². The van der Waals surface area contributed by atoms with Crippen molar-refractivity contribution in [3.8, 4) is 17.2 Å². The van der Waals surface area contributed by atoms with Gasteiger partial charge in [0.25, 0.3) is 15.7 Å². The van der Waals surface area contributed by atoms with Gasteiger partial charge < -0.3 is 18.9 Å². The highest BCUT2D eigenvalue weighted by atomic mass is 32.2. The van der Waals surface area contributed by atoms with Crippen molar-refractivity contribution in [1.29, 1.82) is 0 Å². The number of nitrogens with zero attached hydrogens (tertiary/aromatic N) is 2. The van der Waals surface area contributed by atoms with Gasteiger partial charge in [-0.25, -0.2) is 8.42 Å². The highest BCUT2D eigenvalue weighted by Gasteiger charge is 2.32. The van der Waals surface area contributed by atoms with Crippen LogP contribution in [0.25, 0.3) is 0 Å². The number of nitro groups is 1. The number of hydrogen-bond acceptors (Lipinski definition) is 9. The van der Waals surface area contributed by atoms with E-state index in [1.54, 1.807) is 0 Å². The molecular weight excluding hydrogens is 420 g/mol. The zero-order chi connectivity index (χ0) is 22.5. The van der Waals surface area contributed by atoms with Gasteiger partial charge >= 0.3 is 5.97 Å². The predicted molar refractivity (Wildman–Crippen MR) is 106 cm³/mol. The standard InChI is InChI=1S/C18H20N2O9S/c1-26-15-7-5-12(20(22)23)9-14(15)19(11-18(21)29-4)30(24,25)13-6-8-16(27-2)17(10-13)28-3/h5-10H,11H2,1-4H3. The number of benzene rings is 2. The van der Waals surface area contributed by atoms with E-state index in [1.165, 1.54) is 45.6 Å². The molecule has 0 aliphatic heterocycles. The Morgan fingerprint density at radius 1 is 0.967 bits per heavy atom. The van der Waals surface area contributed by atoms with Crippen molar-refractivity contribution in [2.45, 2.75) is 4.90 Å². The molecule has 0 fully saturated rings. The molecule has 0 aliphatic carbocycles. The van der Waals surface area contributed by atoms with E-state index < -0.39 is 27.5 Å². The second-order valence-electron chi connectivity index (χ2n) is 5.72. The van der Waals surface area contributed by atoms with Crippen LogP contribution in [-0.4, -0.2) is 54.3 Å². The number of ether oxygens (including phenoxy) is 4. The van der Waals surface area contributed by atoms with Crippen molar-refractivity contribution in [2.75, 3.05) is 39.3 Å². The summed E-state index contributed by atoms with van der Waals surface area (Å²) in [4.78, 5) is 22.2.